The van der Waals surface area contributed by atoms with E-state index in [1.54, 1.807) is 60.7 Å². The van der Waals surface area contributed by atoms with E-state index >= 15 is 0 Å². The smallest absolute Gasteiger partial charge is 0.272 e. The zero-order valence-corrected chi connectivity index (χ0v) is 24.6. The Morgan fingerprint density at radius 2 is 1.26 bits per heavy atom. The number of rotatable bonds is 9. The molecule has 0 fully saturated rings. The van der Waals surface area contributed by atoms with Crippen molar-refractivity contribution in [3.05, 3.63) is 172 Å². The van der Waals surface area contributed by atoms with E-state index < -0.39 is 11.8 Å². The molecule has 0 aromatic heterocycles. The van der Waals surface area contributed by atoms with Crippen molar-refractivity contribution in [2.24, 2.45) is 0 Å². The van der Waals surface area contributed by atoms with Gasteiger partial charge in [-0.3, -0.25) is 14.4 Å². The summed E-state index contributed by atoms with van der Waals surface area (Å²) in [4.78, 5) is 39.0. The van der Waals surface area contributed by atoms with Crippen molar-refractivity contribution in [1.82, 2.24) is 5.32 Å². The van der Waals surface area contributed by atoms with Gasteiger partial charge in [0.15, 0.2) is 5.78 Å². The number of ketones is 1. The average molecular weight is 628 g/mol. The highest BCUT2D eigenvalue weighted by Gasteiger charge is 2.15. The van der Waals surface area contributed by atoms with Crippen molar-refractivity contribution >= 4 is 51.4 Å². The average Bonchev–Trinajstić information content (AvgIpc) is 3.05. The molecule has 0 saturated carbocycles. The second-order valence-corrected chi connectivity index (χ2v) is 10.6. The summed E-state index contributed by atoms with van der Waals surface area (Å²) in [6.45, 7) is 0. The van der Waals surface area contributed by atoms with Crippen molar-refractivity contribution in [2.45, 2.75) is 0 Å². The van der Waals surface area contributed by atoms with Crippen molar-refractivity contribution in [2.75, 3.05) is 5.32 Å². The molecule has 0 atom stereocenters. The molecule has 2 amide bonds. The second-order valence-electron chi connectivity index (χ2n) is 9.65. The predicted molar refractivity (Wildman–Crippen MR) is 176 cm³/mol. The zero-order chi connectivity index (χ0) is 30.0. The number of halogens is 1. The molecule has 2 N–H and O–H groups in total. The van der Waals surface area contributed by atoms with Crippen LogP contribution in [0.3, 0.4) is 0 Å². The molecule has 5 nitrogen and oxygen atoms in total. The summed E-state index contributed by atoms with van der Waals surface area (Å²) in [7, 11) is 0. The molecule has 0 aliphatic heterocycles. The van der Waals surface area contributed by atoms with Crippen LogP contribution in [0, 0.1) is 0 Å². The van der Waals surface area contributed by atoms with Gasteiger partial charge in [-0.2, -0.15) is 0 Å². The van der Waals surface area contributed by atoms with Crippen molar-refractivity contribution in [3.63, 3.8) is 0 Å². The third kappa shape index (κ3) is 8.12. The summed E-state index contributed by atoms with van der Waals surface area (Å²) in [5.74, 6) is -1.06. The Morgan fingerprint density at radius 1 is 0.605 bits per heavy atom. The van der Waals surface area contributed by atoms with Crippen LogP contribution in [0.25, 0.3) is 23.3 Å². The summed E-state index contributed by atoms with van der Waals surface area (Å²) in [5, 5.41) is 5.59. The zero-order valence-electron chi connectivity index (χ0n) is 23.0. The third-order valence-electron chi connectivity index (χ3n) is 6.56. The molecule has 0 aliphatic rings. The van der Waals surface area contributed by atoms with Crippen molar-refractivity contribution in [3.8, 4) is 11.1 Å². The number of benzene rings is 5. The van der Waals surface area contributed by atoms with Crippen molar-refractivity contribution in [1.29, 1.82) is 0 Å². The number of carbonyl (C=O) groups is 3. The highest BCUT2D eigenvalue weighted by atomic mass is 79.9. The molecule has 0 spiro atoms. The second kappa shape index (κ2) is 14.0. The van der Waals surface area contributed by atoms with E-state index in [2.05, 4.69) is 26.6 Å². The van der Waals surface area contributed by atoms with Crippen LogP contribution in [0.4, 0.5) is 5.69 Å². The van der Waals surface area contributed by atoms with E-state index in [-0.39, 0.29) is 11.5 Å². The number of anilines is 1. The molecular weight excluding hydrogens is 600 g/mol. The summed E-state index contributed by atoms with van der Waals surface area (Å²) >= 11 is 3.43. The Labute approximate surface area is 258 Å². The van der Waals surface area contributed by atoms with Gasteiger partial charge in [-0.05, 0) is 82.9 Å². The van der Waals surface area contributed by atoms with E-state index in [1.807, 2.05) is 84.9 Å². The Kier molecular flexibility index (Phi) is 9.52. The fourth-order valence-electron chi connectivity index (χ4n) is 4.31. The molecular formula is C37H27BrN2O3. The SMILES string of the molecule is O=C(Nc1ccc(C(=O)/C=C/c2cccc(Br)c2)cc1)/C(=C/c1ccc(-c2ccccc2)cc1)NC(=O)c1ccccc1. The first-order valence-electron chi connectivity index (χ1n) is 13.6. The first-order valence-corrected chi connectivity index (χ1v) is 14.4. The number of allylic oxidation sites excluding steroid dienone is 1. The minimum Gasteiger partial charge on any atom is -0.321 e. The van der Waals surface area contributed by atoms with Gasteiger partial charge in [0.25, 0.3) is 11.8 Å². The molecule has 0 unspecified atom stereocenters. The Balaban J connectivity index is 1.33. The summed E-state index contributed by atoms with van der Waals surface area (Å²) < 4.78 is 0.930. The van der Waals surface area contributed by atoms with Gasteiger partial charge in [0, 0.05) is 21.3 Å². The van der Waals surface area contributed by atoms with E-state index in [9.17, 15) is 14.4 Å². The van der Waals surface area contributed by atoms with E-state index in [0.29, 0.717) is 16.8 Å². The molecule has 0 heterocycles. The van der Waals surface area contributed by atoms with Crippen LogP contribution in [-0.4, -0.2) is 17.6 Å². The highest BCUT2D eigenvalue weighted by molar-refractivity contribution is 9.10. The fraction of sp³-hybridized carbons (Fsp3) is 0. The first-order chi connectivity index (χ1) is 20.9. The Bertz CT molecular complexity index is 1800. The summed E-state index contributed by atoms with van der Waals surface area (Å²) in [6, 6.07) is 40.7. The lowest BCUT2D eigenvalue weighted by atomic mass is 10.0. The monoisotopic (exact) mass is 626 g/mol. The molecule has 0 radical (unpaired) electrons. The maximum Gasteiger partial charge on any atom is 0.272 e. The van der Waals surface area contributed by atoms with Gasteiger partial charge in [-0.25, -0.2) is 0 Å². The summed E-state index contributed by atoms with van der Waals surface area (Å²) in [5.41, 5.74) is 5.25. The van der Waals surface area contributed by atoms with Gasteiger partial charge in [0.2, 0.25) is 0 Å². The van der Waals surface area contributed by atoms with Gasteiger partial charge in [0.1, 0.15) is 5.70 Å². The lowest BCUT2D eigenvalue weighted by Crippen LogP contribution is -2.30. The molecule has 6 heteroatoms. The van der Waals surface area contributed by atoms with E-state index in [0.717, 1.165) is 26.7 Å². The number of nitrogens with one attached hydrogen (secondary N) is 2. The number of hydrogen-bond donors (Lipinski definition) is 2. The molecule has 210 valence electrons. The Hall–Kier alpha value is -5.33. The van der Waals surface area contributed by atoms with E-state index in [1.165, 1.54) is 6.08 Å². The minimum atomic E-state index is -0.495. The molecule has 0 aliphatic carbocycles. The van der Waals surface area contributed by atoms with Gasteiger partial charge >= 0.3 is 0 Å². The normalized spacial score (nSPS) is 11.2. The topological polar surface area (TPSA) is 75.3 Å². The van der Waals surface area contributed by atoms with Gasteiger partial charge in [-0.1, -0.05) is 107 Å². The summed E-state index contributed by atoms with van der Waals surface area (Å²) in [6.07, 6.45) is 4.90. The largest absolute Gasteiger partial charge is 0.321 e. The first kappa shape index (κ1) is 29.2. The van der Waals surface area contributed by atoms with Crippen LogP contribution in [0.5, 0.6) is 0 Å². The van der Waals surface area contributed by atoms with Crippen LogP contribution < -0.4 is 10.6 Å². The lowest BCUT2D eigenvalue weighted by molar-refractivity contribution is -0.113. The maximum absolute atomic E-state index is 13.4. The van der Waals surface area contributed by atoms with Gasteiger partial charge in [0.05, 0.1) is 0 Å². The van der Waals surface area contributed by atoms with Crippen molar-refractivity contribution < 1.29 is 14.4 Å². The van der Waals surface area contributed by atoms with Crippen LogP contribution in [0.15, 0.2) is 150 Å². The number of hydrogen-bond acceptors (Lipinski definition) is 3. The lowest BCUT2D eigenvalue weighted by Gasteiger charge is -2.12. The number of amides is 2. The molecule has 5 rings (SSSR count). The van der Waals surface area contributed by atoms with Crippen LogP contribution in [-0.2, 0) is 4.79 Å². The Morgan fingerprint density at radius 3 is 1.93 bits per heavy atom. The van der Waals surface area contributed by atoms with Gasteiger partial charge in [-0.15, -0.1) is 0 Å². The molecule has 43 heavy (non-hydrogen) atoms. The quantitative estimate of drug-likeness (QED) is 0.127. The van der Waals surface area contributed by atoms with Crippen LogP contribution in [0.1, 0.15) is 31.8 Å². The molecule has 0 saturated heterocycles. The van der Waals surface area contributed by atoms with Gasteiger partial charge < -0.3 is 10.6 Å². The fourth-order valence-corrected chi connectivity index (χ4v) is 4.72. The van der Waals surface area contributed by atoms with Crippen LogP contribution >= 0.6 is 15.9 Å². The molecule has 0 bridgehead atoms. The molecule has 5 aromatic rings. The van der Waals surface area contributed by atoms with Crippen LogP contribution in [0.2, 0.25) is 0 Å². The maximum atomic E-state index is 13.4. The van der Waals surface area contributed by atoms with E-state index in [4.69, 9.17) is 0 Å². The third-order valence-corrected chi connectivity index (χ3v) is 7.05. The molecule has 5 aromatic carbocycles. The number of carbonyl (C=O) groups excluding carboxylic acids is 3. The predicted octanol–water partition coefficient (Wildman–Crippen LogP) is 8.42. The highest BCUT2D eigenvalue weighted by Crippen LogP contribution is 2.21. The standard InChI is InChI=1S/C37H27BrN2O3/c38-32-13-7-8-26(24-32)16-23-35(41)30-19-21-33(22-20-30)39-37(43)34(40-36(42)31-11-5-2-6-12-31)25-27-14-17-29(18-15-27)28-9-3-1-4-10-28/h1-25H,(H,39,43)(H,40,42)/b23-16+,34-25-. The minimum absolute atomic E-state index is 0.0819.